The standard InChI is InChI=1S/C17H13N5O4/c18-15-14-10(16(25)19-17(14)26)6-13(24)22(15)12-4-2-1-3-9(12)11-5-8(7-23)20-21-11/h1-6,23H,7,18H2,(H,20,21)(H,19,25,26). The van der Waals surface area contributed by atoms with Crippen LogP contribution in [-0.4, -0.2) is 31.7 Å². The molecule has 0 unspecified atom stereocenters. The average Bonchev–Trinajstić information content (AvgIpc) is 3.20. The van der Waals surface area contributed by atoms with E-state index in [4.69, 9.17) is 5.73 Å². The maximum absolute atomic E-state index is 12.6. The molecular formula is C17H13N5O4. The number of nitrogens with one attached hydrogen (secondary N) is 2. The van der Waals surface area contributed by atoms with Gasteiger partial charge in [-0.15, -0.1) is 0 Å². The number of aromatic amines is 1. The lowest BCUT2D eigenvalue weighted by molar-refractivity contribution is 0.0880. The van der Waals surface area contributed by atoms with Gasteiger partial charge in [-0.2, -0.15) is 5.10 Å². The number of pyridine rings is 1. The number of aromatic nitrogens is 3. The number of carbonyl (C=O) groups is 2. The summed E-state index contributed by atoms with van der Waals surface area (Å²) in [6, 6.07) is 9.59. The summed E-state index contributed by atoms with van der Waals surface area (Å²) in [6.45, 7) is -0.210. The van der Waals surface area contributed by atoms with E-state index in [9.17, 15) is 19.5 Å². The Kier molecular flexibility index (Phi) is 3.44. The van der Waals surface area contributed by atoms with E-state index in [1.165, 1.54) is 4.57 Å². The van der Waals surface area contributed by atoms with Crippen molar-refractivity contribution in [3.63, 3.8) is 0 Å². The van der Waals surface area contributed by atoms with Crippen LogP contribution in [0.25, 0.3) is 16.9 Å². The molecule has 1 aromatic carbocycles. The van der Waals surface area contributed by atoms with Crippen molar-refractivity contribution < 1.29 is 14.7 Å². The van der Waals surface area contributed by atoms with Gasteiger partial charge in [0.15, 0.2) is 0 Å². The van der Waals surface area contributed by atoms with E-state index >= 15 is 0 Å². The van der Waals surface area contributed by atoms with E-state index in [2.05, 4.69) is 15.5 Å². The minimum atomic E-state index is -0.644. The molecule has 1 aliphatic rings. The van der Waals surface area contributed by atoms with Gasteiger partial charge in [0.2, 0.25) is 0 Å². The topological polar surface area (TPSA) is 143 Å². The second-order valence-electron chi connectivity index (χ2n) is 5.73. The van der Waals surface area contributed by atoms with E-state index in [1.54, 1.807) is 30.3 Å². The number of hydrogen-bond acceptors (Lipinski definition) is 6. The Morgan fingerprint density at radius 3 is 2.58 bits per heavy atom. The van der Waals surface area contributed by atoms with Gasteiger partial charge in [-0.05, 0) is 12.1 Å². The Bertz CT molecular complexity index is 1130. The molecule has 4 rings (SSSR count). The zero-order valence-electron chi connectivity index (χ0n) is 13.3. The van der Waals surface area contributed by atoms with Crippen molar-refractivity contribution in [1.82, 2.24) is 20.1 Å². The van der Waals surface area contributed by atoms with E-state index < -0.39 is 17.4 Å². The monoisotopic (exact) mass is 351 g/mol. The van der Waals surface area contributed by atoms with Gasteiger partial charge in [0.1, 0.15) is 5.82 Å². The maximum atomic E-state index is 12.6. The van der Waals surface area contributed by atoms with Gasteiger partial charge in [-0.1, -0.05) is 18.2 Å². The lowest BCUT2D eigenvalue weighted by Crippen LogP contribution is -2.24. The van der Waals surface area contributed by atoms with Gasteiger partial charge >= 0.3 is 0 Å². The highest BCUT2D eigenvalue weighted by molar-refractivity contribution is 6.23. The minimum absolute atomic E-state index is 0.0255. The number of para-hydroxylation sites is 1. The fourth-order valence-corrected chi connectivity index (χ4v) is 2.99. The number of fused-ring (bicyclic) bond motifs is 1. The third-order valence-electron chi connectivity index (χ3n) is 4.18. The molecule has 9 nitrogen and oxygen atoms in total. The second-order valence-corrected chi connectivity index (χ2v) is 5.73. The van der Waals surface area contributed by atoms with Gasteiger partial charge in [-0.25, -0.2) is 0 Å². The van der Waals surface area contributed by atoms with Crippen LogP contribution in [0.5, 0.6) is 0 Å². The highest BCUT2D eigenvalue weighted by Crippen LogP contribution is 2.29. The lowest BCUT2D eigenvalue weighted by Gasteiger charge is -2.14. The molecule has 5 N–H and O–H groups in total. The normalized spacial score (nSPS) is 13.0. The molecule has 3 heterocycles. The smallest absolute Gasteiger partial charge is 0.262 e. The average molecular weight is 351 g/mol. The van der Waals surface area contributed by atoms with Gasteiger partial charge in [0.05, 0.1) is 34.8 Å². The number of anilines is 1. The first-order valence-corrected chi connectivity index (χ1v) is 7.67. The Morgan fingerprint density at radius 2 is 1.85 bits per heavy atom. The molecule has 2 amide bonds. The zero-order valence-corrected chi connectivity index (χ0v) is 13.3. The largest absolute Gasteiger partial charge is 0.390 e. The number of amides is 2. The van der Waals surface area contributed by atoms with Gasteiger partial charge < -0.3 is 10.8 Å². The van der Waals surface area contributed by atoms with Gasteiger partial charge in [0.25, 0.3) is 17.4 Å². The van der Waals surface area contributed by atoms with Gasteiger partial charge in [0, 0.05) is 11.6 Å². The molecule has 0 saturated carbocycles. The molecule has 26 heavy (non-hydrogen) atoms. The molecular weight excluding hydrogens is 338 g/mol. The molecule has 2 aromatic heterocycles. The quantitative estimate of drug-likeness (QED) is 0.496. The van der Waals surface area contributed by atoms with Crippen molar-refractivity contribution in [3.8, 4) is 16.9 Å². The summed E-state index contributed by atoms with van der Waals surface area (Å²) in [4.78, 5) is 36.4. The van der Waals surface area contributed by atoms with Crippen molar-refractivity contribution in [2.75, 3.05) is 5.73 Å². The number of nitrogens with two attached hydrogens (primary N) is 1. The second kappa shape index (κ2) is 5.67. The lowest BCUT2D eigenvalue weighted by atomic mass is 10.1. The number of aliphatic hydroxyl groups is 1. The molecule has 0 fully saturated rings. The van der Waals surface area contributed by atoms with Crippen molar-refractivity contribution in [2.45, 2.75) is 6.61 Å². The Balaban J connectivity index is 1.98. The summed E-state index contributed by atoms with van der Waals surface area (Å²) in [5, 5.41) is 18.2. The van der Waals surface area contributed by atoms with Crippen LogP contribution in [0.3, 0.4) is 0 Å². The van der Waals surface area contributed by atoms with Crippen molar-refractivity contribution in [2.24, 2.45) is 0 Å². The van der Waals surface area contributed by atoms with Crippen LogP contribution in [0.2, 0.25) is 0 Å². The predicted molar refractivity (Wildman–Crippen MR) is 91.8 cm³/mol. The molecule has 0 radical (unpaired) electrons. The fourth-order valence-electron chi connectivity index (χ4n) is 2.99. The molecule has 130 valence electrons. The minimum Gasteiger partial charge on any atom is -0.390 e. The Morgan fingerprint density at radius 1 is 1.08 bits per heavy atom. The van der Waals surface area contributed by atoms with E-state index in [0.717, 1.165) is 6.07 Å². The number of imide groups is 1. The van der Waals surface area contributed by atoms with Crippen molar-refractivity contribution >= 4 is 17.6 Å². The van der Waals surface area contributed by atoms with Crippen molar-refractivity contribution in [1.29, 1.82) is 0 Å². The summed E-state index contributed by atoms with van der Waals surface area (Å²) >= 11 is 0. The molecule has 0 atom stereocenters. The Labute approximate surface area is 146 Å². The molecule has 0 aliphatic carbocycles. The number of nitrogen functional groups attached to an aromatic ring is 1. The number of aliphatic hydroxyl groups excluding tert-OH is 1. The highest BCUT2D eigenvalue weighted by atomic mass is 16.3. The third kappa shape index (κ3) is 2.22. The molecule has 0 saturated heterocycles. The van der Waals surface area contributed by atoms with Crippen molar-refractivity contribution in [3.05, 3.63) is 63.6 Å². The predicted octanol–water partition coefficient (Wildman–Crippen LogP) is 0.186. The highest BCUT2D eigenvalue weighted by Gasteiger charge is 2.32. The molecule has 1 aliphatic heterocycles. The summed E-state index contributed by atoms with van der Waals surface area (Å²) in [6.07, 6.45) is 0. The first kappa shape index (κ1) is 15.8. The molecule has 3 aromatic rings. The maximum Gasteiger partial charge on any atom is 0.262 e. The molecule has 0 spiro atoms. The third-order valence-corrected chi connectivity index (χ3v) is 4.18. The SMILES string of the molecule is Nc1c2c(cc(=O)n1-c1ccccc1-c1cc(CO)[nH]n1)C(=O)NC2=O. The Hall–Kier alpha value is -3.72. The van der Waals surface area contributed by atoms with E-state index in [1.807, 2.05) is 0 Å². The van der Waals surface area contributed by atoms with Crippen LogP contribution in [-0.2, 0) is 6.61 Å². The fraction of sp³-hybridized carbons (Fsp3) is 0.0588. The number of nitrogens with zero attached hydrogens (tertiary/aromatic N) is 2. The van der Waals surface area contributed by atoms with E-state index in [-0.39, 0.29) is 23.6 Å². The van der Waals surface area contributed by atoms with Gasteiger partial charge in [-0.3, -0.25) is 29.4 Å². The number of rotatable bonds is 3. The summed E-state index contributed by atoms with van der Waals surface area (Å²) in [5.41, 5.74) is 7.46. The number of carbonyl (C=O) groups excluding carboxylic acids is 2. The van der Waals surface area contributed by atoms with Crippen LogP contribution in [0.1, 0.15) is 26.4 Å². The summed E-state index contributed by atoms with van der Waals surface area (Å²) < 4.78 is 1.17. The summed E-state index contributed by atoms with van der Waals surface area (Å²) in [5.74, 6) is -1.41. The first-order chi connectivity index (χ1) is 12.5. The number of H-pyrrole nitrogens is 1. The number of benzene rings is 1. The summed E-state index contributed by atoms with van der Waals surface area (Å²) in [7, 11) is 0. The van der Waals surface area contributed by atoms with Crippen LogP contribution < -0.4 is 16.6 Å². The zero-order chi connectivity index (χ0) is 18.4. The van der Waals surface area contributed by atoms with Crippen LogP contribution >= 0.6 is 0 Å². The van der Waals surface area contributed by atoms with Crippen LogP contribution in [0, 0.1) is 0 Å². The van der Waals surface area contributed by atoms with E-state index in [0.29, 0.717) is 22.6 Å². The van der Waals surface area contributed by atoms with Crippen LogP contribution in [0.15, 0.2) is 41.2 Å². The first-order valence-electron chi connectivity index (χ1n) is 7.67. The molecule has 0 bridgehead atoms. The van der Waals surface area contributed by atoms with Crippen LogP contribution in [0.4, 0.5) is 5.82 Å². The number of hydrogen-bond donors (Lipinski definition) is 4. The molecule has 9 heteroatoms.